The molecule has 15 heavy (non-hydrogen) atoms. The molecule has 0 spiro atoms. The van der Waals surface area contributed by atoms with Crippen molar-refractivity contribution in [3.8, 4) is 0 Å². The molecule has 0 aromatic carbocycles. The van der Waals surface area contributed by atoms with Crippen LogP contribution in [0.2, 0.25) is 0 Å². The summed E-state index contributed by atoms with van der Waals surface area (Å²) in [7, 11) is 0. The maximum Gasteiger partial charge on any atom is 0.405 e. The number of hydrogen-bond donors (Lipinski definition) is 0. The molecule has 1 saturated heterocycles. The van der Waals surface area contributed by atoms with Crippen LogP contribution >= 0.6 is 0 Å². The summed E-state index contributed by atoms with van der Waals surface area (Å²) in [6, 6.07) is 0. The minimum absolute atomic E-state index is 0.00414. The van der Waals surface area contributed by atoms with Crippen LogP contribution in [0, 0.1) is 17.3 Å². The first kappa shape index (κ1) is 10.8. The molecule has 3 unspecified atom stereocenters. The SMILES string of the molecule is CCC1CC2COC(=O)C2(C(F)(F)F)C1. The van der Waals surface area contributed by atoms with E-state index in [2.05, 4.69) is 4.74 Å². The normalized spacial score (nSPS) is 40.4. The van der Waals surface area contributed by atoms with E-state index in [1.807, 2.05) is 6.92 Å². The minimum Gasteiger partial charge on any atom is -0.465 e. The van der Waals surface area contributed by atoms with Crippen LogP contribution in [0.4, 0.5) is 13.2 Å². The van der Waals surface area contributed by atoms with Crippen LogP contribution < -0.4 is 0 Å². The maximum absolute atomic E-state index is 13.0. The Balaban J connectivity index is 2.36. The lowest BCUT2D eigenvalue weighted by molar-refractivity contribution is -0.228. The van der Waals surface area contributed by atoms with E-state index in [0.29, 0.717) is 12.8 Å². The smallest absolute Gasteiger partial charge is 0.405 e. The second-order valence-corrected chi connectivity index (χ2v) is 4.48. The average molecular weight is 222 g/mol. The van der Waals surface area contributed by atoms with Gasteiger partial charge in [0.1, 0.15) is 0 Å². The number of alkyl halides is 3. The molecule has 1 aliphatic heterocycles. The van der Waals surface area contributed by atoms with Crippen molar-refractivity contribution in [1.82, 2.24) is 0 Å². The van der Waals surface area contributed by atoms with Gasteiger partial charge in [0, 0.05) is 5.92 Å². The third-order valence-electron chi connectivity index (χ3n) is 3.79. The number of hydrogen-bond acceptors (Lipinski definition) is 2. The van der Waals surface area contributed by atoms with Crippen molar-refractivity contribution in [3.05, 3.63) is 0 Å². The van der Waals surface area contributed by atoms with Crippen molar-refractivity contribution in [2.24, 2.45) is 17.3 Å². The quantitative estimate of drug-likeness (QED) is 0.637. The molecule has 0 N–H and O–H groups in total. The number of esters is 1. The molecule has 0 aromatic heterocycles. The second-order valence-electron chi connectivity index (χ2n) is 4.48. The summed E-state index contributed by atoms with van der Waals surface area (Å²) < 4.78 is 43.5. The maximum atomic E-state index is 13.0. The Labute approximate surface area is 85.8 Å². The molecule has 1 saturated carbocycles. The van der Waals surface area contributed by atoms with Gasteiger partial charge in [-0.15, -0.1) is 0 Å². The molecule has 0 amide bonds. The van der Waals surface area contributed by atoms with Crippen LogP contribution in [0.1, 0.15) is 26.2 Å². The fourth-order valence-corrected chi connectivity index (χ4v) is 2.85. The molecular formula is C10H13F3O2. The number of halogens is 3. The Bertz CT molecular complexity index is 287. The fraction of sp³-hybridized carbons (Fsp3) is 0.900. The van der Waals surface area contributed by atoms with E-state index in [0.717, 1.165) is 0 Å². The van der Waals surface area contributed by atoms with Gasteiger partial charge in [0.05, 0.1) is 6.61 Å². The van der Waals surface area contributed by atoms with Crippen molar-refractivity contribution < 1.29 is 22.7 Å². The summed E-state index contributed by atoms with van der Waals surface area (Å²) in [5, 5.41) is 0. The van der Waals surface area contributed by atoms with E-state index in [4.69, 9.17) is 0 Å². The lowest BCUT2D eigenvalue weighted by Crippen LogP contribution is -2.44. The molecule has 86 valence electrons. The molecular weight excluding hydrogens is 209 g/mol. The van der Waals surface area contributed by atoms with Gasteiger partial charge in [-0.3, -0.25) is 4.79 Å². The number of carbonyl (C=O) groups excluding carboxylic acids is 1. The Morgan fingerprint density at radius 1 is 1.53 bits per heavy atom. The van der Waals surface area contributed by atoms with Crippen LogP contribution in [-0.4, -0.2) is 18.8 Å². The molecule has 0 aromatic rings. The van der Waals surface area contributed by atoms with Gasteiger partial charge in [-0.2, -0.15) is 13.2 Å². The summed E-state index contributed by atoms with van der Waals surface area (Å²) in [6.07, 6.45) is -3.39. The van der Waals surface area contributed by atoms with Crippen molar-refractivity contribution in [2.75, 3.05) is 6.61 Å². The summed E-state index contributed by atoms with van der Waals surface area (Å²) in [6.45, 7) is 1.80. The van der Waals surface area contributed by atoms with Crippen molar-refractivity contribution in [2.45, 2.75) is 32.4 Å². The standard InChI is InChI=1S/C10H13F3O2/c1-2-6-3-7-5-15-8(14)9(7,4-6)10(11,12)13/h6-7H,2-5H2,1H3. The lowest BCUT2D eigenvalue weighted by atomic mass is 9.79. The molecule has 1 heterocycles. The van der Waals surface area contributed by atoms with Crippen LogP contribution in [0.3, 0.4) is 0 Å². The second kappa shape index (κ2) is 3.12. The Kier molecular flexibility index (Phi) is 2.24. The van der Waals surface area contributed by atoms with Crippen LogP contribution in [0.15, 0.2) is 0 Å². The van der Waals surface area contributed by atoms with Crippen molar-refractivity contribution >= 4 is 5.97 Å². The van der Waals surface area contributed by atoms with E-state index in [1.165, 1.54) is 0 Å². The molecule has 1 aliphatic carbocycles. The van der Waals surface area contributed by atoms with Gasteiger partial charge >= 0.3 is 12.1 Å². The highest BCUT2D eigenvalue weighted by Crippen LogP contribution is 2.59. The highest BCUT2D eigenvalue weighted by Gasteiger charge is 2.71. The van der Waals surface area contributed by atoms with Crippen molar-refractivity contribution in [1.29, 1.82) is 0 Å². The van der Waals surface area contributed by atoms with Gasteiger partial charge < -0.3 is 4.74 Å². The summed E-state index contributed by atoms with van der Waals surface area (Å²) >= 11 is 0. The van der Waals surface area contributed by atoms with Crippen LogP contribution in [0.25, 0.3) is 0 Å². The Morgan fingerprint density at radius 3 is 2.67 bits per heavy atom. The van der Waals surface area contributed by atoms with E-state index in [-0.39, 0.29) is 18.9 Å². The van der Waals surface area contributed by atoms with Gasteiger partial charge in [0.2, 0.25) is 0 Å². The fourth-order valence-electron chi connectivity index (χ4n) is 2.85. The summed E-state index contributed by atoms with van der Waals surface area (Å²) in [5.74, 6) is -1.71. The van der Waals surface area contributed by atoms with Gasteiger partial charge in [-0.25, -0.2) is 0 Å². The molecule has 0 bridgehead atoms. The molecule has 2 aliphatic rings. The van der Waals surface area contributed by atoms with Crippen LogP contribution in [-0.2, 0) is 9.53 Å². The molecule has 2 fully saturated rings. The van der Waals surface area contributed by atoms with Crippen LogP contribution in [0.5, 0.6) is 0 Å². The van der Waals surface area contributed by atoms with E-state index < -0.39 is 23.5 Å². The molecule has 0 radical (unpaired) electrons. The molecule has 2 nitrogen and oxygen atoms in total. The third kappa shape index (κ3) is 1.28. The zero-order chi connectivity index (χ0) is 11.3. The number of cyclic esters (lactones) is 1. The molecule has 2 rings (SSSR count). The van der Waals surface area contributed by atoms with Gasteiger partial charge in [0.25, 0.3) is 0 Å². The number of rotatable bonds is 1. The topological polar surface area (TPSA) is 26.3 Å². The molecule has 3 atom stereocenters. The van der Waals surface area contributed by atoms with E-state index in [9.17, 15) is 18.0 Å². The highest BCUT2D eigenvalue weighted by molar-refractivity contribution is 5.80. The zero-order valence-electron chi connectivity index (χ0n) is 8.43. The lowest BCUT2D eigenvalue weighted by Gasteiger charge is -2.27. The van der Waals surface area contributed by atoms with Gasteiger partial charge in [-0.1, -0.05) is 13.3 Å². The number of fused-ring (bicyclic) bond motifs is 1. The first-order chi connectivity index (χ1) is 6.91. The minimum atomic E-state index is -4.46. The zero-order valence-corrected chi connectivity index (χ0v) is 8.43. The number of carbonyl (C=O) groups is 1. The third-order valence-corrected chi connectivity index (χ3v) is 3.79. The average Bonchev–Trinajstić information content (AvgIpc) is 2.64. The summed E-state index contributed by atoms with van der Waals surface area (Å²) in [5.41, 5.74) is -2.19. The highest BCUT2D eigenvalue weighted by atomic mass is 19.4. The number of ether oxygens (including phenoxy) is 1. The molecule has 5 heteroatoms. The van der Waals surface area contributed by atoms with E-state index in [1.54, 1.807) is 0 Å². The van der Waals surface area contributed by atoms with Gasteiger partial charge in [-0.05, 0) is 18.8 Å². The largest absolute Gasteiger partial charge is 0.465 e. The monoisotopic (exact) mass is 222 g/mol. The Hall–Kier alpha value is -0.740. The Morgan fingerprint density at radius 2 is 2.20 bits per heavy atom. The summed E-state index contributed by atoms with van der Waals surface area (Å²) in [4.78, 5) is 11.3. The first-order valence-corrected chi connectivity index (χ1v) is 5.15. The predicted molar refractivity (Wildman–Crippen MR) is 46.0 cm³/mol. The van der Waals surface area contributed by atoms with Gasteiger partial charge in [0.15, 0.2) is 5.41 Å². The predicted octanol–water partition coefficient (Wildman–Crippen LogP) is 2.53. The first-order valence-electron chi connectivity index (χ1n) is 5.15. The van der Waals surface area contributed by atoms with Crippen molar-refractivity contribution in [3.63, 3.8) is 0 Å². The van der Waals surface area contributed by atoms with E-state index >= 15 is 0 Å².